The SMILES string of the molecule is CCCC1(C(=O)O)CCCN(C(=O)CC2(OC)CCC2)C1. The van der Waals surface area contributed by atoms with Crippen LogP contribution in [0.1, 0.15) is 58.3 Å². The first-order chi connectivity index (χ1) is 9.97. The quantitative estimate of drug-likeness (QED) is 0.817. The molecule has 0 aromatic carbocycles. The molecule has 1 heterocycles. The Hall–Kier alpha value is -1.10. The van der Waals surface area contributed by atoms with Crippen LogP contribution >= 0.6 is 0 Å². The molecule has 0 spiro atoms. The van der Waals surface area contributed by atoms with E-state index in [1.54, 1.807) is 12.0 Å². The largest absolute Gasteiger partial charge is 0.481 e. The zero-order valence-electron chi connectivity index (χ0n) is 13.2. The number of methoxy groups -OCH3 is 1. The number of hydrogen-bond donors (Lipinski definition) is 1. The Kier molecular flexibility index (Phi) is 4.91. The van der Waals surface area contributed by atoms with Crippen LogP contribution in [-0.4, -0.2) is 47.7 Å². The lowest BCUT2D eigenvalue weighted by atomic mass is 9.75. The summed E-state index contributed by atoms with van der Waals surface area (Å²) in [5.74, 6) is -0.704. The molecule has 1 N–H and O–H groups in total. The van der Waals surface area contributed by atoms with Crippen LogP contribution in [0.25, 0.3) is 0 Å². The number of carboxylic acid groups (broad SMARTS) is 1. The number of nitrogens with zero attached hydrogens (tertiary/aromatic N) is 1. The van der Waals surface area contributed by atoms with Gasteiger partial charge in [0.2, 0.25) is 5.91 Å². The molecule has 1 saturated heterocycles. The van der Waals surface area contributed by atoms with Gasteiger partial charge in [-0.15, -0.1) is 0 Å². The van der Waals surface area contributed by atoms with E-state index < -0.39 is 11.4 Å². The summed E-state index contributed by atoms with van der Waals surface area (Å²) < 4.78 is 5.52. The lowest BCUT2D eigenvalue weighted by Gasteiger charge is -2.44. The van der Waals surface area contributed by atoms with Crippen molar-refractivity contribution in [1.29, 1.82) is 0 Å². The molecule has 120 valence electrons. The van der Waals surface area contributed by atoms with Gasteiger partial charge in [-0.1, -0.05) is 13.3 Å². The van der Waals surface area contributed by atoms with E-state index in [-0.39, 0.29) is 11.5 Å². The Labute approximate surface area is 126 Å². The van der Waals surface area contributed by atoms with E-state index >= 15 is 0 Å². The van der Waals surface area contributed by atoms with E-state index in [0.29, 0.717) is 32.4 Å². The van der Waals surface area contributed by atoms with Gasteiger partial charge in [-0.3, -0.25) is 9.59 Å². The molecule has 1 unspecified atom stereocenters. The number of hydrogen-bond acceptors (Lipinski definition) is 3. The number of rotatable bonds is 6. The monoisotopic (exact) mass is 297 g/mol. The first kappa shape index (κ1) is 16.3. The minimum atomic E-state index is -0.757. The molecule has 1 aliphatic carbocycles. The molecule has 21 heavy (non-hydrogen) atoms. The van der Waals surface area contributed by atoms with Crippen LogP contribution in [0.15, 0.2) is 0 Å². The Balaban J connectivity index is 2.02. The second-order valence-corrected chi connectivity index (χ2v) is 6.67. The van der Waals surface area contributed by atoms with Crippen molar-refractivity contribution in [1.82, 2.24) is 4.90 Å². The van der Waals surface area contributed by atoms with Gasteiger partial charge >= 0.3 is 5.97 Å². The molecule has 2 fully saturated rings. The highest BCUT2D eigenvalue weighted by Gasteiger charge is 2.45. The average molecular weight is 297 g/mol. The number of likely N-dealkylation sites (tertiary alicyclic amines) is 1. The number of piperidine rings is 1. The first-order valence-electron chi connectivity index (χ1n) is 8.03. The smallest absolute Gasteiger partial charge is 0.311 e. The summed E-state index contributed by atoms with van der Waals surface area (Å²) >= 11 is 0. The third-order valence-electron chi connectivity index (χ3n) is 5.28. The van der Waals surface area contributed by atoms with Crippen molar-refractivity contribution in [3.8, 4) is 0 Å². The van der Waals surface area contributed by atoms with Crippen LogP contribution in [-0.2, 0) is 14.3 Å². The highest BCUT2D eigenvalue weighted by molar-refractivity contribution is 5.80. The van der Waals surface area contributed by atoms with Crippen LogP contribution in [0.4, 0.5) is 0 Å². The fourth-order valence-corrected chi connectivity index (χ4v) is 3.72. The van der Waals surface area contributed by atoms with E-state index in [1.165, 1.54) is 0 Å². The van der Waals surface area contributed by atoms with Crippen LogP contribution in [0.5, 0.6) is 0 Å². The van der Waals surface area contributed by atoms with Gasteiger partial charge < -0.3 is 14.7 Å². The molecular weight excluding hydrogens is 270 g/mol. The molecule has 2 aliphatic rings. The highest BCUT2D eigenvalue weighted by Crippen LogP contribution is 2.40. The molecule has 0 bridgehead atoms. The van der Waals surface area contributed by atoms with Crippen molar-refractivity contribution in [2.75, 3.05) is 20.2 Å². The maximum absolute atomic E-state index is 12.5. The summed E-state index contributed by atoms with van der Waals surface area (Å²) in [6.07, 6.45) is 6.29. The molecule has 0 aromatic heterocycles. The predicted molar refractivity (Wildman–Crippen MR) is 79.0 cm³/mol. The normalized spacial score (nSPS) is 28.0. The van der Waals surface area contributed by atoms with Gasteiger partial charge in [-0.25, -0.2) is 0 Å². The van der Waals surface area contributed by atoms with E-state index in [9.17, 15) is 14.7 Å². The molecule has 5 heteroatoms. The predicted octanol–water partition coefficient (Wildman–Crippen LogP) is 2.44. The maximum atomic E-state index is 12.5. The van der Waals surface area contributed by atoms with Crippen molar-refractivity contribution in [2.45, 2.75) is 63.9 Å². The van der Waals surface area contributed by atoms with Gasteiger partial charge in [0.15, 0.2) is 0 Å². The Morgan fingerprint density at radius 3 is 2.43 bits per heavy atom. The standard InChI is InChI=1S/C16H27NO4/c1-3-6-15(14(19)20)7-5-10-17(12-15)13(18)11-16(21-2)8-4-9-16/h3-12H2,1-2H3,(H,19,20). The Morgan fingerprint density at radius 2 is 1.95 bits per heavy atom. The summed E-state index contributed by atoms with van der Waals surface area (Å²) in [5, 5.41) is 9.59. The van der Waals surface area contributed by atoms with Crippen molar-refractivity contribution >= 4 is 11.9 Å². The third-order valence-corrected chi connectivity index (χ3v) is 5.28. The molecule has 0 radical (unpaired) electrons. The van der Waals surface area contributed by atoms with Crippen molar-refractivity contribution in [2.24, 2.45) is 5.41 Å². The van der Waals surface area contributed by atoms with Gasteiger partial charge in [-0.05, 0) is 38.5 Å². The summed E-state index contributed by atoms with van der Waals surface area (Å²) in [7, 11) is 1.67. The summed E-state index contributed by atoms with van der Waals surface area (Å²) in [5.41, 5.74) is -1.03. The highest BCUT2D eigenvalue weighted by atomic mass is 16.5. The zero-order chi connectivity index (χ0) is 15.5. The first-order valence-corrected chi connectivity index (χ1v) is 8.03. The fourth-order valence-electron chi connectivity index (χ4n) is 3.72. The van der Waals surface area contributed by atoms with Crippen LogP contribution in [0.3, 0.4) is 0 Å². The summed E-state index contributed by atoms with van der Waals surface area (Å²) in [4.78, 5) is 26.0. The van der Waals surface area contributed by atoms with Crippen molar-refractivity contribution in [3.63, 3.8) is 0 Å². The average Bonchev–Trinajstić information content (AvgIpc) is 2.43. The Bertz CT molecular complexity index is 396. The number of carbonyl (C=O) groups is 2. The maximum Gasteiger partial charge on any atom is 0.311 e. The van der Waals surface area contributed by atoms with Crippen LogP contribution in [0, 0.1) is 5.41 Å². The summed E-state index contributed by atoms with van der Waals surface area (Å²) in [6.45, 7) is 3.03. The van der Waals surface area contributed by atoms with Gasteiger partial charge in [0.1, 0.15) is 0 Å². The summed E-state index contributed by atoms with van der Waals surface area (Å²) in [6, 6.07) is 0. The number of carboxylic acids is 1. The number of amides is 1. The van der Waals surface area contributed by atoms with Gasteiger partial charge in [0, 0.05) is 20.2 Å². The topological polar surface area (TPSA) is 66.8 Å². The fraction of sp³-hybridized carbons (Fsp3) is 0.875. The number of aliphatic carboxylic acids is 1. The van der Waals surface area contributed by atoms with Crippen molar-refractivity contribution in [3.05, 3.63) is 0 Å². The minimum Gasteiger partial charge on any atom is -0.481 e. The van der Waals surface area contributed by atoms with E-state index in [2.05, 4.69) is 0 Å². The zero-order valence-corrected chi connectivity index (χ0v) is 13.2. The van der Waals surface area contributed by atoms with Gasteiger partial charge in [-0.2, -0.15) is 0 Å². The molecule has 1 saturated carbocycles. The van der Waals surface area contributed by atoms with Crippen molar-refractivity contribution < 1.29 is 19.4 Å². The van der Waals surface area contributed by atoms with Gasteiger partial charge in [0.05, 0.1) is 17.4 Å². The molecule has 1 aliphatic heterocycles. The second-order valence-electron chi connectivity index (χ2n) is 6.67. The molecule has 5 nitrogen and oxygen atoms in total. The lowest BCUT2D eigenvalue weighted by molar-refractivity contribution is -0.158. The molecule has 1 atom stereocenters. The molecule has 0 aromatic rings. The second kappa shape index (κ2) is 6.34. The van der Waals surface area contributed by atoms with Gasteiger partial charge in [0.25, 0.3) is 0 Å². The van der Waals surface area contributed by atoms with E-state index in [1.807, 2.05) is 6.92 Å². The third kappa shape index (κ3) is 3.23. The van der Waals surface area contributed by atoms with E-state index in [4.69, 9.17) is 4.74 Å². The lowest BCUT2D eigenvalue weighted by Crippen LogP contribution is -2.52. The minimum absolute atomic E-state index is 0.0537. The molecule has 1 amide bonds. The number of carbonyl (C=O) groups excluding carboxylic acids is 1. The molecule has 2 rings (SSSR count). The van der Waals surface area contributed by atoms with Crippen LogP contribution < -0.4 is 0 Å². The van der Waals surface area contributed by atoms with E-state index in [0.717, 1.165) is 32.1 Å². The Morgan fingerprint density at radius 1 is 1.24 bits per heavy atom. The number of ether oxygens (including phenoxy) is 1. The van der Waals surface area contributed by atoms with Crippen LogP contribution in [0.2, 0.25) is 0 Å². The molecular formula is C16H27NO4.